The molecule has 0 bridgehead atoms. The molecular formula is C18H20ClNO. The lowest BCUT2D eigenvalue weighted by Crippen LogP contribution is -2.32. The minimum atomic E-state index is 0.0277. The Labute approximate surface area is 131 Å². The fraction of sp³-hybridized carbons (Fsp3) is 0.278. The molecule has 0 aromatic heterocycles. The van der Waals surface area contributed by atoms with Crippen molar-refractivity contribution in [3.63, 3.8) is 0 Å². The summed E-state index contributed by atoms with van der Waals surface area (Å²) in [6, 6.07) is 17.5. The number of rotatable bonds is 5. The van der Waals surface area contributed by atoms with E-state index < -0.39 is 0 Å². The number of benzene rings is 2. The summed E-state index contributed by atoms with van der Waals surface area (Å²) in [4.78, 5) is 12.2. The van der Waals surface area contributed by atoms with Crippen LogP contribution in [0.15, 0.2) is 54.6 Å². The second kappa shape index (κ2) is 7.28. The van der Waals surface area contributed by atoms with Crippen LogP contribution >= 0.6 is 11.6 Å². The molecule has 0 saturated carbocycles. The van der Waals surface area contributed by atoms with Crippen molar-refractivity contribution < 1.29 is 4.79 Å². The molecular weight excluding hydrogens is 282 g/mol. The number of amides is 1. The molecule has 1 atom stereocenters. The SMILES string of the molecule is CC(C)[C@@H](NC(=O)Cc1ccc(Cl)cc1)c1ccccc1. The van der Waals surface area contributed by atoms with Gasteiger partial charge in [0.2, 0.25) is 5.91 Å². The van der Waals surface area contributed by atoms with Crippen LogP contribution in [0.4, 0.5) is 0 Å². The van der Waals surface area contributed by atoms with Gasteiger partial charge in [-0.25, -0.2) is 0 Å². The van der Waals surface area contributed by atoms with E-state index in [9.17, 15) is 4.79 Å². The van der Waals surface area contributed by atoms with Crippen LogP contribution in [0.2, 0.25) is 5.02 Å². The predicted molar refractivity (Wildman–Crippen MR) is 87.3 cm³/mol. The number of hydrogen-bond donors (Lipinski definition) is 1. The first kappa shape index (κ1) is 15.6. The Hall–Kier alpha value is -1.80. The second-order valence-corrected chi connectivity index (χ2v) is 5.94. The molecule has 0 saturated heterocycles. The van der Waals surface area contributed by atoms with E-state index in [0.29, 0.717) is 17.4 Å². The van der Waals surface area contributed by atoms with Crippen molar-refractivity contribution in [2.24, 2.45) is 5.92 Å². The van der Waals surface area contributed by atoms with Gasteiger partial charge in [-0.2, -0.15) is 0 Å². The third-order valence-corrected chi connectivity index (χ3v) is 3.67. The van der Waals surface area contributed by atoms with Gasteiger partial charge in [0.05, 0.1) is 12.5 Å². The van der Waals surface area contributed by atoms with Crippen LogP contribution in [-0.2, 0) is 11.2 Å². The summed E-state index contributed by atoms with van der Waals surface area (Å²) in [6.45, 7) is 4.22. The largest absolute Gasteiger partial charge is 0.349 e. The van der Waals surface area contributed by atoms with E-state index in [1.54, 1.807) is 12.1 Å². The maximum absolute atomic E-state index is 12.2. The molecule has 0 aliphatic heterocycles. The number of carbonyl (C=O) groups excluding carboxylic acids is 1. The van der Waals surface area contributed by atoms with Crippen molar-refractivity contribution in [3.8, 4) is 0 Å². The molecule has 0 fully saturated rings. The van der Waals surface area contributed by atoms with Crippen LogP contribution in [0, 0.1) is 5.92 Å². The minimum Gasteiger partial charge on any atom is -0.349 e. The van der Waals surface area contributed by atoms with Crippen molar-refractivity contribution in [2.75, 3.05) is 0 Å². The highest BCUT2D eigenvalue weighted by atomic mass is 35.5. The van der Waals surface area contributed by atoms with E-state index >= 15 is 0 Å². The van der Waals surface area contributed by atoms with Gasteiger partial charge in [0.25, 0.3) is 0 Å². The first-order valence-electron chi connectivity index (χ1n) is 7.15. The lowest BCUT2D eigenvalue weighted by atomic mass is 9.95. The second-order valence-electron chi connectivity index (χ2n) is 5.50. The molecule has 1 N–H and O–H groups in total. The molecule has 2 aromatic rings. The molecule has 0 unspecified atom stereocenters. The monoisotopic (exact) mass is 301 g/mol. The van der Waals surface area contributed by atoms with Crippen LogP contribution in [0.3, 0.4) is 0 Å². The van der Waals surface area contributed by atoms with Gasteiger partial charge in [0, 0.05) is 5.02 Å². The predicted octanol–water partition coefficient (Wildman–Crippen LogP) is 4.40. The summed E-state index contributed by atoms with van der Waals surface area (Å²) < 4.78 is 0. The molecule has 0 radical (unpaired) electrons. The summed E-state index contributed by atoms with van der Waals surface area (Å²) >= 11 is 5.85. The van der Waals surface area contributed by atoms with Gasteiger partial charge >= 0.3 is 0 Å². The van der Waals surface area contributed by atoms with Crippen LogP contribution < -0.4 is 5.32 Å². The normalized spacial score (nSPS) is 12.2. The topological polar surface area (TPSA) is 29.1 Å². The van der Waals surface area contributed by atoms with Crippen LogP contribution in [0.5, 0.6) is 0 Å². The molecule has 2 aromatic carbocycles. The van der Waals surface area contributed by atoms with E-state index in [1.807, 2.05) is 42.5 Å². The fourth-order valence-corrected chi connectivity index (χ4v) is 2.43. The molecule has 0 heterocycles. The average Bonchev–Trinajstić information content (AvgIpc) is 2.48. The Kier molecular flexibility index (Phi) is 5.40. The molecule has 2 rings (SSSR count). The quantitative estimate of drug-likeness (QED) is 0.871. The standard InChI is InChI=1S/C18H20ClNO/c1-13(2)18(15-6-4-3-5-7-15)20-17(21)12-14-8-10-16(19)11-9-14/h3-11,13,18H,12H2,1-2H3,(H,20,21)/t18-/m1/s1. The van der Waals surface area contributed by atoms with E-state index in [1.165, 1.54) is 0 Å². The maximum Gasteiger partial charge on any atom is 0.224 e. The van der Waals surface area contributed by atoms with Crippen molar-refractivity contribution >= 4 is 17.5 Å². The first-order valence-corrected chi connectivity index (χ1v) is 7.53. The minimum absolute atomic E-state index is 0.0277. The van der Waals surface area contributed by atoms with E-state index in [0.717, 1.165) is 11.1 Å². The zero-order chi connectivity index (χ0) is 15.2. The van der Waals surface area contributed by atoms with Gasteiger partial charge in [-0.15, -0.1) is 0 Å². The third-order valence-electron chi connectivity index (χ3n) is 3.42. The zero-order valence-electron chi connectivity index (χ0n) is 12.3. The Morgan fingerprint density at radius 3 is 2.24 bits per heavy atom. The summed E-state index contributed by atoms with van der Waals surface area (Å²) in [5, 5.41) is 3.81. The molecule has 0 aliphatic rings. The fourth-order valence-electron chi connectivity index (χ4n) is 2.31. The van der Waals surface area contributed by atoms with Crippen molar-refractivity contribution in [1.29, 1.82) is 0 Å². The zero-order valence-corrected chi connectivity index (χ0v) is 13.1. The summed E-state index contributed by atoms with van der Waals surface area (Å²) in [5.74, 6) is 0.362. The highest BCUT2D eigenvalue weighted by molar-refractivity contribution is 6.30. The molecule has 110 valence electrons. The first-order chi connectivity index (χ1) is 10.1. The number of halogens is 1. The number of carbonyl (C=O) groups is 1. The Morgan fingerprint density at radius 1 is 1.05 bits per heavy atom. The van der Waals surface area contributed by atoms with Crippen LogP contribution in [0.1, 0.15) is 31.0 Å². The molecule has 21 heavy (non-hydrogen) atoms. The molecule has 1 amide bonds. The van der Waals surface area contributed by atoms with Crippen LogP contribution in [-0.4, -0.2) is 5.91 Å². The summed E-state index contributed by atoms with van der Waals surface area (Å²) in [7, 11) is 0. The average molecular weight is 302 g/mol. The van der Waals surface area contributed by atoms with Gasteiger partial charge in [-0.3, -0.25) is 4.79 Å². The van der Waals surface area contributed by atoms with Gasteiger partial charge in [0.15, 0.2) is 0 Å². The van der Waals surface area contributed by atoms with Crippen molar-refractivity contribution in [1.82, 2.24) is 5.32 Å². The van der Waals surface area contributed by atoms with Gasteiger partial charge in [-0.05, 0) is 29.2 Å². The molecule has 0 spiro atoms. The lowest BCUT2D eigenvalue weighted by Gasteiger charge is -2.23. The van der Waals surface area contributed by atoms with Crippen molar-refractivity contribution in [3.05, 3.63) is 70.7 Å². The van der Waals surface area contributed by atoms with Gasteiger partial charge in [0.1, 0.15) is 0 Å². The number of nitrogens with one attached hydrogen (secondary N) is 1. The highest BCUT2D eigenvalue weighted by Gasteiger charge is 2.18. The molecule has 0 aliphatic carbocycles. The van der Waals surface area contributed by atoms with E-state index in [4.69, 9.17) is 11.6 Å². The van der Waals surface area contributed by atoms with Crippen LogP contribution in [0.25, 0.3) is 0 Å². The lowest BCUT2D eigenvalue weighted by molar-refractivity contribution is -0.121. The third kappa shape index (κ3) is 4.61. The molecule has 3 heteroatoms. The molecule has 2 nitrogen and oxygen atoms in total. The number of hydrogen-bond acceptors (Lipinski definition) is 1. The Morgan fingerprint density at radius 2 is 1.67 bits per heavy atom. The van der Waals surface area contributed by atoms with E-state index in [2.05, 4.69) is 19.2 Å². The Bertz CT molecular complexity index is 578. The highest BCUT2D eigenvalue weighted by Crippen LogP contribution is 2.21. The van der Waals surface area contributed by atoms with Crippen molar-refractivity contribution in [2.45, 2.75) is 26.3 Å². The summed E-state index contributed by atoms with van der Waals surface area (Å²) in [5.41, 5.74) is 2.10. The summed E-state index contributed by atoms with van der Waals surface area (Å²) in [6.07, 6.45) is 0.368. The maximum atomic E-state index is 12.2. The van der Waals surface area contributed by atoms with Gasteiger partial charge < -0.3 is 5.32 Å². The Balaban J connectivity index is 2.03. The van der Waals surface area contributed by atoms with E-state index in [-0.39, 0.29) is 11.9 Å². The smallest absolute Gasteiger partial charge is 0.224 e. The van der Waals surface area contributed by atoms with Gasteiger partial charge in [-0.1, -0.05) is 67.9 Å².